The average Bonchev–Trinajstić information content (AvgIpc) is 2.41. The number of nitrogens with one attached hydrogen (secondary N) is 1. The lowest BCUT2D eigenvalue weighted by Crippen LogP contribution is -2.13. The maximum atomic E-state index is 12.3. The maximum Gasteiger partial charge on any atom is 0.261 e. The van der Waals surface area contributed by atoms with E-state index in [1.807, 2.05) is 0 Å². The molecule has 0 atom stereocenters. The van der Waals surface area contributed by atoms with Crippen LogP contribution in [-0.2, 0) is 10.0 Å². The van der Waals surface area contributed by atoms with Gasteiger partial charge in [-0.15, -0.1) is 0 Å². The monoisotopic (exact) mass is 375 g/mol. The average molecular weight is 377 g/mol. The summed E-state index contributed by atoms with van der Waals surface area (Å²) in [6.45, 7) is 0. The molecule has 0 unspecified atom stereocenters. The topological polar surface area (TPSA) is 55.4 Å². The second-order valence-corrected chi connectivity index (χ2v) is 6.88. The molecule has 0 amide bonds. The van der Waals surface area contributed by atoms with E-state index in [4.69, 9.17) is 16.3 Å². The quantitative estimate of drug-likeness (QED) is 0.880. The summed E-state index contributed by atoms with van der Waals surface area (Å²) in [6.07, 6.45) is 0. The highest BCUT2D eigenvalue weighted by Gasteiger charge is 2.16. The van der Waals surface area contributed by atoms with Crippen LogP contribution in [0.4, 0.5) is 5.69 Å². The number of benzene rings is 2. The third-order valence-electron chi connectivity index (χ3n) is 2.52. The third kappa shape index (κ3) is 3.45. The molecular formula is C13H11BrClNO3S. The van der Waals surface area contributed by atoms with Gasteiger partial charge in [0.25, 0.3) is 10.0 Å². The van der Waals surface area contributed by atoms with Gasteiger partial charge < -0.3 is 4.74 Å². The second-order valence-electron chi connectivity index (χ2n) is 3.91. The second kappa shape index (κ2) is 6.03. The van der Waals surface area contributed by atoms with Gasteiger partial charge in [0.05, 0.1) is 17.7 Å². The Hall–Kier alpha value is -1.24. The molecular weight excluding hydrogens is 366 g/mol. The molecule has 0 saturated heterocycles. The van der Waals surface area contributed by atoms with Gasteiger partial charge in [0.2, 0.25) is 0 Å². The highest BCUT2D eigenvalue weighted by Crippen LogP contribution is 2.29. The first kappa shape index (κ1) is 15.2. The Morgan fingerprint density at radius 2 is 1.95 bits per heavy atom. The normalized spacial score (nSPS) is 11.2. The van der Waals surface area contributed by atoms with Gasteiger partial charge in [0.1, 0.15) is 5.75 Å². The number of ether oxygens (including phenoxy) is 1. The molecule has 0 bridgehead atoms. The maximum absolute atomic E-state index is 12.3. The third-order valence-corrected chi connectivity index (χ3v) is 4.81. The van der Waals surface area contributed by atoms with Crippen molar-refractivity contribution in [3.63, 3.8) is 0 Å². The lowest BCUT2D eigenvalue weighted by atomic mass is 10.3. The molecule has 7 heteroatoms. The van der Waals surface area contributed by atoms with Gasteiger partial charge in [-0.3, -0.25) is 4.72 Å². The molecule has 1 N–H and O–H groups in total. The van der Waals surface area contributed by atoms with Gasteiger partial charge in [0, 0.05) is 15.6 Å². The molecule has 0 saturated carbocycles. The number of sulfonamides is 1. The van der Waals surface area contributed by atoms with Crippen molar-refractivity contribution in [2.75, 3.05) is 11.8 Å². The Morgan fingerprint density at radius 1 is 1.20 bits per heavy atom. The SMILES string of the molecule is COc1ccc(Br)c(NS(=O)(=O)c2cccc(Cl)c2)c1. The summed E-state index contributed by atoms with van der Waals surface area (Å²) >= 11 is 9.10. The van der Waals surface area contributed by atoms with Crippen LogP contribution in [-0.4, -0.2) is 15.5 Å². The van der Waals surface area contributed by atoms with Crippen LogP contribution in [0.3, 0.4) is 0 Å². The van der Waals surface area contributed by atoms with Crippen molar-refractivity contribution in [1.29, 1.82) is 0 Å². The van der Waals surface area contributed by atoms with E-state index in [2.05, 4.69) is 20.7 Å². The van der Waals surface area contributed by atoms with Crippen LogP contribution >= 0.6 is 27.5 Å². The fourth-order valence-electron chi connectivity index (χ4n) is 1.55. The highest BCUT2D eigenvalue weighted by atomic mass is 79.9. The van der Waals surface area contributed by atoms with E-state index in [9.17, 15) is 8.42 Å². The molecule has 0 spiro atoms. The van der Waals surface area contributed by atoms with E-state index in [1.54, 1.807) is 30.3 Å². The molecule has 4 nitrogen and oxygen atoms in total. The van der Waals surface area contributed by atoms with Crippen molar-refractivity contribution >= 4 is 43.2 Å². The minimum Gasteiger partial charge on any atom is -0.497 e. The number of methoxy groups -OCH3 is 1. The molecule has 0 aliphatic carbocycles. The first-order chi connectivity index (χ1) is 9.42. The zero-order chi connectivity index (χ0) is 14.8. The Labute approximate surface area is 130 Å². The van der Waals surface area contributed by atoms with Crippen molar-refractivity contribution in [2.45, 2.75) is 4.90 Å². The summed E-state index contributed by atoms with van der Waals surface area (Å²) in [7, 11) is -2.19. The standard InChI is InChI=1S/C13H11BrClNO3S/c1-19-10-5-6-12(14)13(8-10)16-20(17,18)11-4-2-3-9(15)7-11/h2-8,16H,1H3. The molecule has 106 valence electrons. The van der Waals surface area contributed by atoms with E-state index < -0.39 is 10.0 Å². The van der Waals surface area contributed by atoms with E-state index >= 15 is 0 Å². The molecule has 0 radical (unpaired) electrons. The van der Waals surface area contributed by atoms with Crippen LogP contribution in [0.25, 0.3) is 0 Å². The van der Waals surface area contributed by atoms with Gasteiger partial charge in [0.15, 0.2) is 0 Å². The molecule has 0 aromatic heterocycles. The predicted molar refractivity (Wildman–Crippen MR) is 83.0 cm³/mol. The predicted octanol–water partition coefficient (Wildman–Crippen LogP) is 3.91. The smallest absolute Gasteiger partial charge is 0.261 e. The van der Waals surface area contributed by atoms with Gasteiger partial charge in [-0.2, -0.15) is 0 Å². The Kier molecular flexibility index (Phi) is 4.57. The van der Waals surface area contributed by atoms with Crippen LogP contribution < -0.4 is 9.46 Å². The summed E-state index contributed by atoms with van der Waals surface area (Å²) < 4.78 is 32.7. The van der Waals surface area contributed by atoms with Crippen LogP contribution in [0, 0.1) is 0 Å². The fourth-order valence-corrected chi connectivity index (χ4v) is 3.40. The molecule has 0 aliphatic heterocycles. The van der Waals surface area contributed by atoms with Gasteiger partial charge >= 0.3 is 0 Å². The molecule has 0 fully saturated rings. The van der Waals surface area contributed by atoms with Crippen molar-refractivity contribution in [2.24, 2.45) is 0 Å². The lowest BCUT2D eigenvalue weighted by molar-refractivity contribution is 0.415. The summed E-state index contributed by atoms with van der Waals surface area (Å²) in [4.78, 5) is 0.0970. The fraction of sp³-hybridized carbons (Fsp3) is 0.0769. The number of rotatable bonds is 4. The van der Waals surface area contributed by atoms with E-state index in [-0.39, 0.29) is 4.90 Å². The van der Waals surface area contributed by atoms with Gasteiger partial charge in [-0.05, 0) is 46.3 Å². The number of halogens is 2. The number of hydrogen-bond donors (Lipinski definition) is 1. The van der Waals surface area contributed by atoms with Crippen molar-refractivity contribution in [3.8, 4) is 5.75 Å². The van der Waals surface area contributed by atoms with Crippen LogP contribution in [0.1, 0.15) is 0 Å². The zero-order valence-electron chi connectivity index (χ0n) is 10.4. The van der Waals surface area contributed by atoms with E-state index in [0.717, 1.165) is 0 Å². The number of anilines is 1. The minimum absolute atomic E-state index is 0.0970. The summed E-state index contributed by atoms with van der Waals surface area (Å²) in [5.74, 6) is 0.553. The molecule has 2 aromatic carbocycles. The van der Waals surface area contributed by atoms with E-state index in [0.29, 0.717) is 20.9 Å². The number of hydrogen-bond acceptors (Lipinski definition) is 3. The molecule has 2 aromatic rings. The first-order valence-electron chi connectivity index (χ1n) is 5.54. The Bertz CT molecular complexity index is 734. The highest BCUT2D eigenvalue weighted by molar-refractivity contribution is 9.10. The summed E-state index contributed by atoms with van der Waals surface area (Å²) in [5.41, 5.74) is 0.393. The van der Waals surface area contributed by atoms with Crippen molar-refractivity contribution in [3.05, 3.63) is 52.0 Å². The molecule has 0 aliphatic rings. The molecule has 20 heavy (non-hydrogen) atoms. The molecule has 0 heterocycles. The van der Waals surface area contributed by atoms with Crippen LogP contribution in [0.2, 0.25) is 5.02 Å². The lowest BCUT2D eigenvalue weighted by Gasteiger charge is -2.11. The molecule has 2 rings (SSSR count). The summed E-state index contributed by atoms with van der Waals surface area (Å²) in [5, 5.41) is 0.359. The zero-order valence-corrected chi connectivity index (χ0v) is 13.6. The minimum atomic E-state index is -3.70. The van der Waals surface area contributed by atoms with Gasteiger partial charge in [-0.25, -0.2) is 8.42 Å². The van der Waals surface area contributed by atoms with E-state index in [1.165, 1.54) is 19.2 Å². The Morgan fingerprint density at radius 3 is 2.60 bits per heavy atom. The van der Waals surface area contributed by atoms with Gasteiger partial charge in [-0.1, -0.05) is 17.7 Å². The first-order valence-corrected chi connectivity index (χ1v) is 8.20. The van der Waals surface area contributed by atoms with Crippen molar-refractivity contribution < 1.29 is 13.2 Å². The largest absolute Gasteiger partial charge is 0.497 e. The summed E-state index contributed by atoms with van der Waals surface area (Å²) in [6, 6.07) is 11.1. The van der Waals surface area contributed by atoms with Crippen LogP contribution in [0.5, 0.6) is 5.75 Å². The Balaban J connectivity index is 2.38. The van der Waals surface area contributed by atoms with Crippen LogP contribution in [0.15, 0.2) is 51.8 Å². The van der Waals surface area contributed by atoms with Crippen molar-refractivity contribution in [1.82, 2.24) is 0 Å².